The number of carbonyl (C=O) groups excluding carboxylic acids is 2. The Balaban J connectivity index is 1.55. The van der Waals surface area contributed by atoms with Crippen LogP contribution in [0.15, 0.2) is 36.7 Å². The molecule has 1 saturated carbocycles. The molecule has 3 aromatic heterocycles. The van der Waals surface area contributed by atoms with E-state index in [1.807, 2.05) is 6.20 Å². The smallest absolute Gasteiger partial charge is 0.433 e. The molecule has 0 spiro atoms. The number of esters is 1. The second-order valence-corrected chi connectivity index (χ2v) is 8.12. The van der Waals surface area contributed by atoms with Crippen molar-refractivity contribution in [2.24, 2.45) is 5.92 Å². The van der Waals surface area contributed by atoms with E-state index in [4.69, 9.17) is 9.47 Å². The van der Waals surface area contributed by atoms with Gasteiger partial charge in [-0.3, -0.25) is 9.59 Å². The van der Waals surface area contributed by atoms with Crippen LogP contribution in [0.3, 0.4) is 0 Å². The summed E-state index contributed by atoms with van der Waals surface area (Å²) in [5.74, 6) is -0.595. The summed E-state index contributed by atoms with van der Waals surface area (Å²) in [6.45, 7) is 0. The first-order chi connectivity index (χ1) is 16.2. The summed E-state index contributed by atoms with van der Waals surface area (Å²) in [6, 6.07) is 4.77. The Morgan fingerprint density at radius 2 is 1.82 bits per heavy atom. The van der Waals surface area contributed by atoms with Crippen LogP contribution in [0.25, 0.3) is 5.65 Å². The third-order valence-corrected chi connectivity index (χ3v) is 5.99. The van der Waals surface area contributed by atoms with Crippen LogP contribution in [0.4, 0.5) is 18.9 Å². The lowest BCUT2D eigenvalue weighted by molar-refractivity contribution is -0.146. The molecule has 8 nitrogen and oxygen atoms in total. The van der Waals surface area contributed by atoms with E-state index in [2.05, 4.69) is 15.3 Å². The normalized spacial score (nSPS) is 18.5. The monoisotopic (exact) mass is 476 g/mol. The quantitative estimate of drug-likeness (QED) is 0.547. The molecule has 1 aliphatic rings. The molecular weight excluding hydrogens is 453 g/mol. The zero-order chi connectivity index (χ0) is 24.5. The van der Waals surface area contributed by atoms with Crippen LogP contribution in [0.2, 0.25) is 0 Å². The van der Waals surface area contributed by atoms with Crippen LogP contribution in [-0.4, -0.2) is 40.5 Å². The predicted molar refractivity (Wildman–Crippen MR) is 116 cm³/mol. The van der Waals surface area contributed by atoms with E-state index in [1.54, 1.807) is 16.7 Å². The van der Waals surface area contributed by atoms with Crippen molar-refractivity contribution in [2.45, 2.75) is 37.8 Å². The lowest BCUT2D eigenvalue weighted by Gasteiger charge is -2.25. The van der Waals surface area contributed by atoms with Crippen LogP contribution < -0.4 is 10.1 Å². The molecular formula is C23H23F3N4O4. The van der Waals surface area contributed by atoms with Crippen LogP contribution in [0.5, 0.6) is 5.75 Å². The maximum Gasteiger partial charge on any atom is 0.433 e. The fourth-order valence-corrected chi connectivity index (χ4v) is 4.19. The van der Waals surface area contributed by atoms with E-state index in [0.29, 0.717) is 11.4 Å². The van der Waals surface area contributed by atoms with Gasteiger partial charge in [0.1, 0.15) is 28.5 Å². The minimum Gasteiger partial charge on any atom is -0.494 e. The maximum atomic E-state index is 12.9. The Hall–Kier alpha value is -3.63. The van der Waals surface area contributed by atoms with Crippen molar-refractivity contribution < 1.29 is 32.2 Å². The van der Waals surface area contributed by atoms with E-state index < -0.39 is 17.8 Å². The summed E-state index contributed by atoms with van der Waals surface area (Å²) < 4.78 is 50.7. The number of ether oxygens (including phenoxy) is 2. The average Bonchev–Trinajstić information content (AvgIpc) is 3.25. The Kier molecular flexibility index (Phi) is 6.45. The zero-order valence-electron chi connectivity index (χ0n) is 18.6. The minimum absolute atomic E-state index is 0.0929. The summed E-state index contributed by atoms with van der Waals surface area (Å²) >= 11 is 0. The number of fused-ring (bicyclic) bond motifs is 1. The van der Waals surface area contributed by atoms with Gasteiger partial charge in [0.05, 0.1) is 25.8 Å². The van der Waals surface area contributed by atoms with Gasteiger partial charge in [0.15, 0.2) is 0 Å². The number of alkyl halides is 3. The van der Waals surface area contributed by atoms with Crippen molar-refractivity contribution in [1.82, 2.24) is 14.4 Å². The molecule has 0 bridgehead atoms. The van der Waals surface area contributed by atoms with Crippen LogP contribution in [0, 0.1) is 5.92 Å². The van der Waals surface area contributed by atoms with Gasteiger partial charge in [0, 0.05) is 24.4 Å². The van der Waals surface area contributed by atoms with Crippen LogP contribution in [0.1, 0.15) is 53.5 Å². The first-order valence-electron chi connectivity index (χ1n) is 10.7. The van der Waals surface area contributed by atoms with Crippen LogP contribution >= 0.6 is 0 Å². The molecule has 0 aromatic carbocycles. The van der Waals surface area contributed by atoms with Gasteiger partial charge in [0.2, 0.25) is 0 Å². The maximum absolute atomic E-state index is 12.9. The Morgan fingerprint density at radius 3 is 2.47 bits per heavy atom. The van der Waals surface area contributed by atoms with Crippen molar-refractivity contribution in [3.63, 3.8) is 0 Å². The van der Waals surface area contributed by atoms with E-state index in [1.165, 1.54) is 20.3 Å². The number of methoxy groups -OCH3 is 2. The molecule has 1 fully saturated rings. The largest absolute Gasteiger partial charge is 0.494 e. The summed E-state index contributed by atoms with van der Waals surface area (Å²) in [5.41, 5.74) is 0.192. The third kappa shape index (κ3) is 4.82. The highest BCUT2D eigenvalue weighted by atomic mass is 19.4. The van der Waals surface area contributed by atoms with Crippen molar-refractivity contribution in [2.75, 3.05) is 19.5 Å². The van der Waals surface area contributed by atoms with Crippen molar-refractivity contribution in [1.29, 1.82) is 0 Å². The summed E-state index contributed by atoms with van der Waals surface area (Å²) in [4.78, 5) is 32.5. The number of hydrogen-bond donors (Lipinski definition) is 1. The molecule has 0 saturated heterocycles. The molecule has 0 aliphatic heterocycles. The number of amides is 1. The van der Waals surface area contributed by atoms with Crippen molar-refractivity contribution in [3.05, 3.63) is 53.7 Å². The Morgan fingerprint density at radius 1 is 1.09 bits per heavy atom. The number of nitrogens with zero attached hydrogens (tertiary/aromatic N) is 3. The zero-order valence-corrected chi connectivity index (χ0v) is 18.6. The molecule has 0 atom stereocenters. The molecule has 11 heteroatoms. The van der Waals surface area contributed by atoms with Gasteiger partial charge >= 0.3 is 12.1 Å². The van der Waals surface area contributed by atoms with Gasteiger partial charge in [-0.25, -0.2) is 9.97 Å². The molecule has 1 amide bonds. The van der Waals surface area contributed by atoms with Crippen molar-refractivity contribution in [3.8, 4) is 5.75 Å². The summed E-state index contributed by atoms with van der Waals surface area (Å²) in [7, 11) is 2.81. The topological polar surface area (TPSA) is 94.8 Å². The first-order valence-corrected chi connectivity index (χ1v) is 10.7. The van der Waals surface area contributed by atoms with Gasteiger partial charge in [0.25, 0.3) is 5.91 Å². The molecule has 34 heavy (non-hydrogen) atoms. The summed E-state index contributed by atoms with van der Waals surface area (Å²) in [6.07, 6.45) is 1.82. The predicted octanol–water partition coefficient (Wildman–Crippen LogP) is 4.46. The van der Waals surface area contributed by atoms with Gasteiger partial charge < -0.3 is 19.2 Å². The van der Waals surface area contributed by atoms with Crippen molar-refractivity contribution >= 4 is 23.2 Å². The first kappa shape index (κ1) is 23.5. The molecule has 3 aromatic rings. The number of imidazole rings is 1. The molecule has 1 N–H and O–H groups in total. The van der Waals surface area contributed by atoms with E-state index >= 15 is 0 Å². The number of carbonyl (C=O) groups is 2. The van der Waals surface area contributed by atoms with E-state index in [-0.39, 0.29) is 29.2 Å². The number of pyridine rings is 2. The standard InChI is InChI=1S/C23H23F3N4O4/c1-33-18-10-20-28-16(13-6-8-14(9-7-13)22(32)34-2)11-30(20)12-17(18)29-21(31)15-4-3-5-19(27-15)23(24,25)26/h3-5,10-14H,6-9H2,1-2H3,(H,29,31). The lowest BCUT2D eigenvalue weighted by Crippen LogP contribution is -2.22. The number of halogens is 3. The summed E-state index contributed by atoms with van der Waals surface area (Å²) in [5, 5.41) is 2.57. The molecule has 1 aliphatic carbocycles. The highest BCUT2D eigenvalue weighted by molar-refractivity contribution is 6.03. The highest BCUT2D eigenvalue weighted by Gasteiger charge is 2.33. The lowest BCUT2D eigenvalue weighted by atomic mass is 9.81. The SMILES string of the molecule is COC(=O)C1CCC(c2cn3cc(NC(=O)c4cccc(C(F)(F)F)n4)c(OC)cc3n2)CC1. The molecule has 0 unspecified atom stereocenters. The van der Waals surface area contributed by atoms with Gasteiger partial charge in [-0.15, -0.1) is 0 Å². The molecule has 0 radical (unpaired) electrons. The Labute approximate surface area is 193 Å². The van der Waals surface area contributed by atoms with Gasteiger partial charge in [-0.2, -0.15) is 13.2 Å². The minimum atomic E-state index is -4.66. The molecule has 4 rings (SSSR count). The number of aromatic nitrogens is 3. The highest BCUT2D eigenvalue weighted by Crippen LogP contribution is 2.37. The number of hydrogen-bond acceptors (Lipinski definition) is 6. The van der Waals surface area contributed by atoms with Gasteiger partial charge in [-0.05, 0) is 37.8 Å². The van der Waals surface area contributed by atoms with E-state index in [0.717, 1.165) is 43.5 Å². The average molecular weight is 476 g/mol. The number of anilines is 1. The van der Waals surface area contributed by atoms with E-state index in [9.17, 15) is 22.8 Å². The fraction of sp³-hybridized carbons (Fsp3) is 0.391. The van der Waals surface area contributed by atoms with Gasteiger partial charge in [-0.1, -0.05) is 6.07 Å². The second kappa shape index (κ2) is 9.32. The van der Waals surface area contributed by atoms with Crippen LogP contribution in [-0.2, 0) is 15.7 Å². The Bertz CT molecular complexity index is 1220. The molecule has 180 valence electrons. The molecule has 3 heterocycles. The fourth-order valence-electron chi connectivity index (χ4n) is 4.19. The second-order valence-electron chi connectivity index (χ2n) is 8.12. The number of nitrogens with one attached hydrogen (secondary N) is 1. The third-order valence-electron chi connectivity index (χ3n) is 5.99. The number of rotatable bonds is 5.